The number of likely N-dealkylation sites (tertiary alicyclic amines) is 1. The zero-order chi connectivity index (χ0) is 19.3. The van der Waals surface area contributed by atoms with Crippen molar-refractivity contribution < 1.29 is 9.53 Å². The van der Waals surface area contributed by atoms with Gasteiger partial charge in [0.1, 0.15) is 5.60 Å². The van der Waals surface area contributed by atoms with Crippen LogP contribution in [0.15, 0.2) is 0 Å². The maximum atomic E-state index is 12.1. The zero-order valence-electron chi connectivity index (χ0n) is 17.8. The Hall–Kier alpha value is -0.810. The summed E-state index contributed by atoms with van der Waals surface area (Å²) in [7, 11) is 0. The van der Waals surface area contributed by atoms with Crippen LogP contribution in [-0.2, 0) is 4.74 Å². The third kappa shape index (κ3) is 6.94. The van der Waals surface area contributed by atoms with Crippen LogP contribution in [0.2, 0.25) is 0 Å². The van der Waals surface area contributed by atoms with E-state index in [0.717, 1.165) is 18.9 Å². The van der Waals surface area contributed by atoms with Gasteiger partial charge in [-0.3, -0.25) is 0 Å². The molecule has 0 unspecified atom stereocenters. The minimum absolute atomic E-state index is 0.244. The number of amides is 1. The molecule has 1 saturated heterocycles. The lowest BCUT2D eigenvalue weighted by molar-refractivity contribution is 0.0486. The molecule has 0 aromatic carbocycles. The maximum absolute atomic E-state index is 12.1. The molecule has 2 N–H and O–H groups in total. The highest BCUT2D eigenvalue weighted by Gasteiger charge is 2.30. The van der Waals surface area contributed by atoms with Gasteiger partial charge in [-0.05, 0) is 85.2 Å². The lowest BCUT2D eigenvalue weighted by atomic mass is 9.89. The number of rotatable bonds is 4. The fourth-order valence-electron chi connectivity index (χ4n) is 5.16. The molecule has 1 amide bonds. The van der Waals surface area contributed by atoms with E-state index in [1.807, 2.05) is 20.8 Å². The van der Waals surface area contributed by atoms with E-state index in [0.29, 0.717) is 12.1 Å². The Morgan fingerprint density at radius 1 is 0.852 bits per heavy atom. The van der Waals surface area contributed by atoms with Crippen molar-refractivity contribution in [3.05, 3.63) is 0 Å². The molecule has 0 aromatic rings. The Morgan fingerprint density at radius 2 is 1.52 bits per heavy atom. The highest BCUT2D eigenvalue weighted by Crippen LogP contribution is 2.26. The Balaban J connectivity index is 1.37. The molecule has 156 valence electrons. The number of ether oxygens (including phenoxy) is 1. The third-order valence-electron chi connectivity index (χ3n) is 6.49. The van der Waals surface area contributed by atoms with Gasteiger partial charge in [0.15, 0.2) is 0 Å². The van der Waals surface area contributed by atoms with Crippen LogP contribution in [0.1, 0.15) is 91.4 Å². The van der Waals surface area contributed by atoms with Gasteiger partial charge in [0, 0.05) is 24.2 Å². The van der Waals surface area contributed by atoms with E-state index in [4.69, 9.17) is 4.74 Å². The van der Waals surface area contributed by atoms with E-state index < -0.39 is 5.60 Å². The molecule has 0 spiro atoms. The molecule has 5 heteroatoms. The van der Waals surface area contributed by atoms with Crippen molar-refractivity contribution in [3.8, 4) is 0 Å². The van der Waals surface area contributed by atoms with Gasteiger partial charge in [-0.15, -0.1) is 0 Å². The summed E-state index contributed by atoms with van der Waals surface area (Å²) in [5.41, 5.74) is -0.428. The lowest BCUT2D eigenvalue weighted by Crippen LogP contribution is -2.52. The summed E-state index contributed by atoms with van der Waals surface area (Å²) >= 11 is 0. The Labute approximate surface area is 166 Å². The fraction of sp³-hybridized carbons (Fsp3) is 0.955. The summed E-state index contributed by atoms with van der Waals surface area (Å²) in [4.78, 5) is 14.8. The first-order chi connectivity index (χ1) is 12.9. The number of alkyl carbamates (subject to hydrolysis) is 1. The first-order valence-electron chi connectivity index (χ1n) is 11.4. The van der Waals surface area contributed by atoms with Gasteiger partial charge in [0.25, 0.3) is 0 Å². The molecule has 0 radical (unpaired) electrons. The third-order valence-corrected chi connectivity index (χ3v) is 6.49. The first kappa shape index (κ1) is 20.9. The van der Waals surface area contributed by atoms with Crippen molar-refractivity contribution in [2.24, 2.45) is 0 Å². The number of hydrogen-bond donors (Lipinski definition) is 2. The molecule has 1 aliphatic heterocycles. The molecular weight excluding hydrogens is 338 g/mol. The molecule has 2 aliphatic carbocycles. The molecule has 5 nitrogen and oxygen atoms in total. The van der Waals surface area contributed by atoms with Crippen molar-refractivity contribution in [2.45, 2.75) is 121 Å². The number of nitrogens with one attached hydrogen (secondary N) is 2. The first-order valence-corrected chi connectivity index (χ1v) is 11.4. The number of carbonyl (C=O) groups is 1. The SMILES string of the molecule is CC(C)(C)OC(=O)N[C@H]1CCC[C@@H](NC2CCN(C3CCCCC3)CC2)C1. The van der Waals surface area contributed by atoms with E-state index in [1.165, 1.54) is 70.9 Å². The quantitative estimate of drug-likeness (QED) is 0.768. The Kier molecular flexibility index (Phi) is 7.43. The topological polar surface area (TPSA) is 53.6 Å². The summed E-state index contributed by atoms with van der Waals surface area (Å²) in [6.07, 6.45) is 13.9. The van der Waals surface area contributed by atoms with Gasteiger partial charge >= 0.3 is 6.09 Å². The monoisotopic (exact) mass is 379 g/mol. The number of nitrogens with zero attached hydrogens (tertiary/aromatic N) is 1. The normalized spacial score (nSPS) is 29.4. The van der Waals surface area contributed by atoms with Crippen molar-refractivity contribution in [1.82, 2.24) is 15.5 Å². The molecule has 3 aliphatic rings. The molecule has 2 saturated carbocycles. The van der Waals surface area contributed by atoms with Crippen LogP contribution in [0.3, 0.4) is 0 Å². The summed E-state index contributed by atoms with van der Waals surface area (Å²) in [5, 5.41) is 7.00. The van der Waals surface area contributed by atoms with Crippen molar-refractivity contribution in [3.63, 3.8) is 0 Å². The summed E-state index contributed by atoms with van der Waals surface area (Å²) in [5.74, 6) is 0. The molecule has 0 bridgehead atoms. The highest BCUT2D eigenvalue weighted by atomic mass is 16.6. The smallest absolute Gasteiger partial charge is 0.407 e. The van der Waals surface area contributed by atoms with Gasteiger partial charge in [0.05, 0.1) is 0 Å². The van der Waals surface area contributed by atoms with Crippen molar-refractivity contribution >= 4 is 6.09 Å². The molecular formula is C22H41N3O2. The Morgan fingerprint density at radius 3 is 2.19 bits per heavy atom. The largest absolute Gasteiger partial charge is 0.444 e. The van der Waals surface area contributed by atoms with E-state index in [9.17, 15) is 4.79 Å². The minimum atomic E-state index is -0.428. The standard InChI is InChI=1S/C22H41N3O2/c1-22(2,3)27-21(26)24-19-9-7-8-18(16-19)23-17-12-14-25(15-13-17)20-10-5-4-6-11-20/h17-20,23H,4-16H2,1-3H3,(H,24,26)/t18-,19+/m1/s1. The van der Waals surface area contributed by atoms with Gasteiger partial charge in [0.2, 0.25) is 0 Å². The molecule has 27 heavy (non-hydrogen) atoms. The van der Waals surface area contributed by atoms with E-state index in [1.54, 1.807) is 0 Å². The summed E-state index contributed by atoms with van der Waals surface area (Å²) in [6, 6.07) is 2.28. The predicted molar refractivity (Wildman–Crippen MR) is 110 cm³/mol. The number of hydrogen-bond acceptors (Lipinski definition) is 4. The van der Waals surface area contributed by atoms with Gasteiger partial charge in [-0.25, -0.2) is 4.79 Å². The maximum Gasteiger partial charge on any atom is 0.407 e. The Bertz CT molecular complexity index is 463. The number of piperidine rings is 1. The predicted octanol–water partition coefficient (Wildman–Crippen LogP) is 4.21. The fourth-order valence-corrected chi connectivity index (χ4v) is 5.16. The van der Waals surface area contributed by atoms with Crippen LogP contribution in [0.25, 0.3) is 0 Å². The average Bonchev–Trinajstić information content (AvgIpc) is 2.62. The van der Waals surface area contributed by atoms with Crippen LogP contribution < -0.4 is 10.6 Å². The second-order valence-electron chi connectivity index (χ2n) is 9.98. The molecule has 3 fully saturated rings. The van der Waals surface area contributed by atoms with Gasteiger partial charge in [-0.1, -0.05) is 19.3 Å². The summed E-state index contributed by atoms with van der Waals surface area (Å²) in [6.45, 7) is 8.26. The van der Waals surface area contributed by atoms with E-state index in [-0.39, 0.29) is 12.1 Å². The second-order valence-corrected chi connectivity index (χ2v) is 9.98. The molecule has 2 atom stereocenters. The zero-order valence-corrected chi connectivity index (χ0v) is 17.8. The molecule has 0 aromatic heterocycles. The van der Waals surface area contributed by atoms with Gasteiger partial charge in [-0.2, -0.15) is 0 Å². The van der Waals surface area contributed by atoms with Crippen LogP contribution in [0.5, 0.6) is 0 Å². The van der Waals surface area contributed by atoms with E-state index in [2.05, 4.69) is 15.5 Å². The van der Waals surface area contributed by atoms with Crippen LogP contribution in [-0.4, -0.2) is 53.9 Å². The number of carbonyl (C=O) groups excluding carboxylic acids is 1. The second kappa shape index (κ2) is 9.60. The highest BCUT2D eigenvalue weighted by molar-refractivity contribution is 5.68. The van der Waals surface area contributed by atoms with Crippen molar-refractivity contribution in [1.29, 1.82) is 0 Å². The minimum Gasteiger partial charge on any atom is -0.444 e. The van der Waals surface area contributed by atoms with Crippen LogP contribution in [0, 0.1) is 0 Å². The molecule has 3 rings (SSSR count). The average molecular weight is 380 g/mol. The molecule has 1 heterocycles. The van der Waals surface area contributed by atoms with Gasteiger partial charge < -0.3 is 20.3 Å². The van der Waals surface area contributed by atoms with Crippen LogP contribution in [0.4, 0.5) is 4.79 Å². The van der Waals surface area contributed by atoms with Crippen molar-refractivity contribution in [2.75, 3.05) is 13.1 Å². The van der Waals surface area contributed by atoms with E-state index >= 15 is 0 Å². The summed E-state index contributed by atoms with van der Waals surface area (Å²) < 4.78 is 5.42. The lowest BCUT2D eigenvalue weighted by Gasteiger charge is -2.41. The van der Waals surface area contributed by atoms with Crippen LogP contribution >= 0.6 is 0 Å².